The number of amides is 2. The zero-order valence-corrected chi connectivity index (χ0v) is 14.8. The van der Waals surface area contributed by atoms with Crippen LogP contribution in [0, 0.1) is 0 Å². The van der Waals surface area contributed by atoms with Crippen LogP contribution in [-0.2, 0) is 11.2 Å². The van der Waals surface area contributed by atoms with Gasteiger partial charge in [0.15, 0.2) is 0 Å². The smallest absolute Gasteiger partial charge is 0.286 e. The van der Waals surface area contributed by atoms with Crippen LogP contribution < -0.4 is 10.9 Å². The van der Waals surface area contributed by atoms with Crippen LogP contribution in [0.4, 0.5) is 0 Å². The number of hydrogen-bond donors (Lipinski definition) is 3. The van der Waals surface area contributed by atoms with Crippen molar-refractivity contribution in [2.75, 3.05) is 0 Å². The molecule has 3 N–H and O–H groups in total. The maximum Gasteiger partial charge on any atom is 0.286 e. The summed E-state index contributed by atoms with van der Waals surface area (Å²) in [6.07, 6.45) is 1.83. The Morgan fingerprint density at radius 1 is 0.920 bits per heavy atom. The Morgan fingerprint density at radius 2 is 1.60 bits per heavy atom. The topological polar surface area (TPSA) is 74.0 Å². The third-order valence-corrected chi connectivity index (χ3v) is 4.09. The molecule has 0 atom stereocenters. The van der Waals surface area contributed by atoms with Gasteiger partial charge in [-0.15, -0.1) is 0 Å². The van der Waals surface area contributed by atoms with E-state index in [2.05, 4.69) is 31.8 Å². The Bertz CT molecular complexity index is 873. The average molecular weight is 398 g/mol. The fraction of sp³-hybridized carbons (Fsp3) is 0.0526. The molecule has 0 fully saturated rings. The number of rotatable bonds is 4. The van der Waals surface area contributed by atoms with E-state index in [-0.39, 0.29) is 12.3 Å². The number of aromatic amines is 1. The van der Waals surface area contributed by atoms with Gasteiger partial charge >= 0.3 is 0 Å². The summed E-state index contributed by atoms with van der Waals surface area (Å²) in [5.41, 5.74) is 8.24. The highest BCUT2D eigenvalue weighted by Gasteiger charge is 2.09. The second-order valence-electron chi connectivity index (χ2n) is 5.47. The number of carbonyl (C=O) groups is 2. The summed E-state index contributed by atoms with van der Waals surface area (Å²) < 4.78 is 0.766. The molecule has 0 saturated carbocycles. The SMILES string of the molecule is O=C(Cc1ccc(-c2ccccc2)cc1)NNC(=O)c1cc(Br)c[nH]1. The lowest BCUT2D eigenvalue weighted by Gasteiger charge is -2.07. The van der Waals surface area contributed by atoms with Crippen molar-refractivity contribution < 1.29 is 9.59 Å². The molecule has 126 valence electrons. The van der Waals surface area contributed by atoms with Crippen molar-refractivity contribution in [1.82, 2.24) is 15.8 Å². The van der Waals surface area contributed by atoms with E-state index < -0.39 is 5.91 Å². The van der Waals surface area contributed by atoms with Gasteiger partial charge in [-0.05, 0) is 38.7 Å². The molecule has 0 aliphatic rings. The normalized spacial score (nSPS) is 10.3. The van der Waals surface area contributed by atoms with Crippen LogP contribution in [0.5, 0.6) is 0 Å². The first kappa shape index (κ1) is 17.0. The van der Waals surface area contributed by atoms with Gasteiger partial charge in [0.1, 0.15) is 5.69 Å². The number of benzene rings is 2. The maximum absolute atomic E-state index is 12.0. The fourth-order valence-electron chi connectivity index (χ4n) is 2.37. The molecule has 6 heteroatoms. The molecule has 0 aliphatic heterocycles. The minimum Gasteiger partial charge on any atom is -0.356 e. The number of nitrogens with one attached hydrogen (secondary N) is 3. The monoisotopic (exact) mass is 397 g/mol. The van der Waals surface area contributed by atoms with Crippen molar-refractivity contribution in [2.24, 2.45) is 0 Å². The Kier molecular flexibility index (Phi) is 5.30. The summed E-state index contributed by atoms with van der Waals surface area (Å²) in [6, 6.07) is 19.4. The summed E-state index contributed by atoms with van der Waals surface area (Å²) >= 11 is 3.25. The van der Waals surface area contributed by atoms with E-state index in [1.807, 2.05) is 54.6 Å². The number of H-pyrrole nitrogens is 1. The van der Waals surface area contributed by atoms with E-state index in [0.717, 1.165) is 21.2 Å². The van der Waals surface area contributed by atoms with Gasteiger partial charge in [0.25, 0.3) is 5.91 Å². The van der Waals surface area contributed by atoms with Crippen LogP contribution in [0.25, 0.3) is 11.1 Å². The largest absolute Gasteiger partial charge is 0.356 e. The van der Waals surface area contributed by atoms with Crippen molar-refractivity contribution in [1.29, 1.82) is 0 Å². The van der Waals surface area contributed by atoms with Crippen LogP contribution in [0.1, 0.15) is 16.1 Å². The molecule has 1 heterocycles. The van der Waals surface area contributed by atoms with E-state index in [1.165, 1.54) is 0 Å². The molecule has 0 spiro atoms. The standard InChI is InChI=1S/C19H16BrN3O2/c20-16-11-17(21-12-16)19(25)23-22-18(24)10-13-6-8-15(9-7-13)14-4-2-1-3-5-14/h1-9,11-12,21H,10H2,(H,22,24)(H,23,25). The maximum atomic E-state index is 12.0. The lowest BCUT2D eigenvalue weighted by Crippen LogP contribution is -2.42. The van der Waals surface area contributed by atoms with E-state index in [1.54, 1.807) is 12.3 Å². The zero-order valence-electron chi connectivity index (χ0n) is 13.3. The molecule has 0 saturated heterocycles. The first-order valence-corrected chi connectivity index (χ1v) is 8.48. The van der Waals surface area contributed by atoms with E-state index >= 15 is 0 Å². The van der Waals surface area contributed by atoms with Gasteiger partial charge in [-0.2, -0.15) is 0 Å². The highest BCUT2D eigenvalue weighted by Crippen LogP contribution is 2.19. The zero-order chi connectivity index (χ0) is 17.6. The van der Waals surface area contributed by atoms with Crippen LogP contribution in [0.3, 0.4) is 0 Å². The number of carbonyl (C=O) groups excluding carboxylic acids is 2. The number of hydrogen-bond acceptors (Lipinski definition) is 2. The second kappa shape index (κ2) is 7.81. The van der Waals surface area contributed by atoms with Gasteiger partial charge in [-0.1, -0.05) is 54.6 Å². The Labute approximate surface area is 153 Å². The molecule has 0 aliphatic carbocycles. The van der Waals surface area contributed by atoms with Crippen molar-refractivity contribution in [3.8, 4) is 11.1 Å². The quantitative estimate of drug-likeness (QED) is 0.589. The lowest BCUT2D eigenvalue weighted by atomic mass is 10.0. The third kappa shape index (κ3) is 4.58. The number of halogens is 1. The summed E-state index contributed by atoms with van der Waals surface area (Å²) in [5.74, 6) is -0.690. The molecule has 0 radical (unpaired) electrons. The first-order valence-electron chi connectivity index (χ1n) is 7.69. The van der Waals surface area contributed by atoms with Gasteiger partial charge in [0.05, 0.1) is 6.42 Å². The molecular formula is C19H16BrN3O2. The molecular weight excluding hydrogens is 382 g/mol. The first-order chi connectivity index (χ1) is 12.1. The van der Waals surface area contributed by atoms with Gasteiger partial charge < -0.3 is 4.98 Å². The summed E-state index contributed by atoms with van der Waals surface area (Å²) in [5, 5.41) is 0. The molecule has 3 rings (SSSR count). The molecule has 0 unspecified atom stereocenters. The molecule has 2 aromatic carbocycles. The average Bonchev–Trinajstić information content (AvgIpc) is 3.08. The fourth-order valence-corrected chi connectivity index (χ4v) is 2.71. The Balaban J connectivity index is 1.53. The molecule has 2 amide bonds. The number of aromatic nitrogens is 1. The Morgan fingerprint density at radius 3 is 2.24 bits per heavy atom. The lowest BCUT2D eigenvalue weighted by molar-refractivity contribution is -0.121. The summed E-state index contributed by atoms with van der Waals surface area (Å²) in [7, 11) is 0. The highest BCUT2D eigenvalue weighted by molar-refractivity contribution is 9.10. The molecule has 0 bridgehead atoms. The van der Waals surface area contributed by atoms with Gasteiger partial charge in [0, 0.05) is 10.7 Å². The minimum absolute atomic E-state index is 0.184. The van der Waals surface area contributed by atoms with Gasteiger partial charge in [0.2, 0.25) is 5.91 Å². The van der Waals surface area contributed by atoms with Gasteiger partial charge in [-0.25, -0.2) is 0 Å². The molecule has 25 heavy (non-hydrogen) atoms. The van der Waals surface area contributed by atoms with Crippen molar-refractivity contribution >= 4 is 27.7 Å². The van der Waals surface area contributed by atoms with Gasteiger partial charge in [-0.3, -0.25) is 20.4 Å². The van der Waals surface area contributed by atoms with Crippen LogP contribution in [0.15, 0.2) is 71.3 Å². The molecule has 1 aromatic heterocycles. The summed E-state index contributed by atoms with van der Waals surface area (Å²) in [4.78, 5) is 26.6. The number of hydrazine groups is 1. The minimum atomic E-state index is -0.404. The van der Waals surface area contributed by atoms with E-state index in [9.17, 15) is 9.59 Å². The molecule has 5 nitrogen and oxygen atoms in total. The third-order valence-electron chi connectivity index (χ3n) is 3.63. The summed E-state index contributed by atoms with van der Waals surface area (Å²) in [6.45, 7) is 0. The van der Waals surface area contributed by atoms with Crippen LogP contribution in [0.2, 0.25) is 0 Å². The highest BCUT2D eigenvalue weighted by atomic mass is 79.9. The van der Waals surface area contributed by atoms with E-state index in [0.29, 0.717) is 5.69 Å². The second-order valence-corrected chi connectivity index (χ2v) is 6.39. The van der Waals surface area contributed by atoms with E-state index in [4.69, 9.17) is 0 Å². The predicted octanol–water partition coefficient (Wildman–Crippen LogP) is 3.45. The molecule has 3 aromatic rings. The van der Waals surface area contributed by atoms with Crippen molar-refractivity contribution in [3.05, 3.63) is 82.6 Å². The predicted molar refractivity (Wildman–Crippen MR) is 99.7 cm³/mol. The van der Waals surface area contributed by atoms with Crippen molar-refractivity contribution in [2.45, 2.75) is 6.42 Å². The van der Waals surface area contributed by atoms with Crippen LogP contribution in [-0.4, -0.2) is 16.8 Å². The Hall–Kier alpha value is -2.86. The van der Waals surface area contributed by atoms with Crippen molar-refractivity contribution in [3.63, 3.8) is 0 Å². The van der Waals surface area contributed by atoms with Crippen LogP contribution >= 0.6 is 15.9 Å².